The molecule has 2 saturated heterocycles. The molecule has 156 valence electrons. The molecule has 2 fully saturated rings. The van der Waals surface area contributed by atoms with E-state index in [4.69, 9.17) is 0 Å². The maximum absolute atomic E-state index is 13.0. The number of amides is 2. The Morgan fingerprint density at radius 1 is 0.933 bits per heavy atom. The van der Waals surface area contributed by atoms with Crippen molar-refractivity contribution in [1.82, 2.24) is 10.2 Å². The summed E-state index contributed by atoms with van der Waals surface area (Å²) in [5.74, 6) is -0.179. The maximum Gasteiger partial charge on any atom is 0.251 e. The van der Waals surface area contributed by atoms with Gasteiger partial charge in [0.15, 0.2) is 0 Å². The van der Waals surface area contributed by atoms with E-state index >= 15 is 0 Å². The van der Waals surface area contributed by atoms with Crippen LogP contribution in [0.15, 0.2) is 48.5 Å². The molecule has 2 heterocycles. The monoisotopic (exact) mass is 403 g/mol. The van der Waals surface area contributed by atoms with Gasteiger partial charge >= 0.3 is 0 Å². The van der Waals surface area contributed by atoms with Crippen molar-refractivity contribution in [3.8, 4) is 0 Å². The minimum Gasteiger partial charge on any atom is -0.303 e. The van der Waals surface area contributed by atoms with Crippen LogP contribution in [0.1, 0.15) is 42.4 Å². The molecule has 5 nitrogen and oxygen atoms in total. The predicted octanol–water partition coefficient (Wildman–Crippen LogP) is 3.06. The molecule has 3 aliphatic rings. The Morgan fingerprint density at radius 2 is 1.70 bits per heavy atom. The number of aryl methyl sites for hydroxylation is 2. The highest BCUT2D eigenvalue weighted by atomic mass is 16.2. The summed E-state index contributed by atoms with van der Waals surface area (Å²) in [6, 6.07) is 16.5. The normalized spacial score (nSPS) is 22.7. The topological polar surface area (TPSA) is 52.7 Å². The molecule has 2 aliphatic heterocycles. The molecule has 30 heavy (non-hydrogen) atoms. The van der Waals surface area contributed by atoms with Gasteiger partial charge in [-0.2, -0.15) is 0 Å². The van der Waals surface area contributed by atoms with Crippen LogP contribution in [0.5, 0.6) is 0 Å². The lowest BCUT2D eigenvalue weighted by Crippen LogP contribution is -2.48. The average Bonchev–Trinajstić information content (AvgIpc) is 3.33. The first-order valence-electron chi connectivity index (χ1n) is 11.2. The molecule has 5 rings (SSSR count). The standard InChI is InChI=1S/C25H29N3O2/c29-24-16-23(25(30)28(24)22-10-9-19-7-4-8-20(19)15-22)26-21-11-13-27(14-12-21)17-18-5-2-1-3-6-18/h1-3,5-6,9-10,15,21,23,26H,4,7-8,11-14,16-17H2/t23-/m1/s1. The molecule has 0 radical (unpaired) electrons. The zero-order valence-corrected chi connectivity index (χ0v) is 17.3. The van der Waals surface area contributed by atoms with Crippen LogP contribution in [-0.4, -0.2) is 41.9 Å². The maximum atomic E-state index is 13.0. The Morgan fingerprint density at radius 3 is 2.50 bits per heavy atom. The number of likely N-dealkylation sites (tertiary alicyclic amines) is 1. The van der Waals surface area contributed by atoms with Crippen molar-refractivity contribution in [2.75, 3.05) is 18.0 Å². The van der Waals surface area contributed by atoms with E-state index in [0.29, 0.717) is 6.04 Å². The molecule has 1 N–H and O–H groups in total. The largest absolute Gasteiger partial charge is 0.303 e. The summed E-state index contributed by atoms with van der Waals surface area (Å²) >= 11 is 0. The summed E-state index contributed by atoms with van der Waals surface area (Å²) in [5.41, 5.74) is 4.73. The molecule has 0 bridgehead atoms. The van der Waals surface area contributed by atoms with Gasteiger partial charge in [-0.05, 0) is 74.0 Å². The van der Waals surface area contributed by atoms with Crippen LogP contribution in [0.3, 0.4) is 0 Å². The zero-order valence-electron chi connectivity index (χ0n) is 17.3. The number of fused-ring (bicyclic) bond motifs is 1. The summed E-state index contributed by atoms with van der Waals surface area (Å²) in [6.45, 7) is 2.99. The molecule has 5 heteroatoms. The van der Waals surface area contributed by atoms with Gasteiger partial charge in [0.2, 0.25) is 5.91 Å². The SMILES string of the molecule is O=C1C[C@@H](NC2CCN(Cc3ccccc3)CC2)C(=O)N1c1ccc2c(c1)CCC2. The quantitative estimate of drug-likeness (QED) is 0.780. The van der Waals surface area contributed by atoms with Crippen LogP contribution >= 0.6 is 0 Å². The molecule has 0 spiro atoms. The van der Waals surface area contributed by atoms with E-state index in [0.717, 1.165) is 57.4 Å². The molecule has 1 aliphatic carbocycles. The molecule has 2 aromatic carbocycles. The summed E-state index contributed by atoms with van der Waals surface area (Å²) in [4.78, 5) is 29.5. The van der Waals surface area contributed by atoms with Gasteiger partial charge in [-0.15, -0.1) is 0 Å². The number of anilines is 1. The van der Waals surface area contributed by atoms with Crippen molar-refractivity contribution in [2.45, 2.75) is 57.2 Å². The Labute approximate surface area is 178 Å². The van der Waals surface area contributed by atoms with Gasteiger partial charge in [0.05, 0.1) is 18.2 Å². The number of carbonyl (C=O) groups excluding carboxylic acids is 2. The van der Waals surface area contributed by atoms with Crippen molar-refractivity contribution in [3.63, 3.8) is 0 Å². The van der Waals surface area contributed by atoms with Gasteiger partial charge in [0, 0.05) is 12.6 Å². The number of rotatable bonds is 5. The predicted molar refractivity (Wildman–Crippen MR) is 117 cm³/mol. The minimum absolute atomic E-state index is 0.0861. The lowest BCUT2D eigenvalue weighted by Gasteiger charge is -2.33. The van der Waals surface area contributed by atoms with E-state index in [2.05, 4.69) is 40.5 Å². The van der Waals surface area contributed by atoms with Crippen LogP contribution in [-0.2, 0) is 29.0 Å². The van der Waals surface area contributed by atoms with Crippen molar-refractivity contribution in [2.24, 2.45) is 0 Å². The van der Waals surface area contributed by atoms with Crippen LogP contribution in [0.2, 0.25) is 0 Å². The van der Waals surface area contributed by atoms with Crippen LogP contribution in [0, 0.1) is 0 Å². The molecule has 2 amide bonds. The van der Waals surface area contributed by atoms with E-state index < -0.39 is 6.04 Å². The third-order valence-corrected chi connectivity index (χ3v) is 6.76. The second kappa shape index (κ2) is 8.32. The molecule has 0 unspecified atom stereocenters. The van der Waals surface area contributed by atoms with Gasteiger partial charge in [0.25, 0.3) is 5.91 Å². The first kappa shape index (κ1) is 19.5. The van der Waals surface area contributed by atoms with Crippen molar-refractivity contribution < 1.29 is 9.59 Å². The fourth-order valence-electron chi connectivity index (χ4n) is 5.11. The van der Waals surface area contributed by atoms with Crippen LogP contribution in [0.4, 0.5) is 5.69 Å². The summed E-state index contributed by atoms with van der Waals surface area (Å²) < 4.78 is 0. The number of hydrogen-bond acceptors (Lipinski definition) is 4. The minimum atomic E-state index is -0.392. The van der Waals surface area contributed by atoms with Crippen molar-refractivity contribution >= 4 is 17.5 Å². The van der Waals surface area contributed by atoms with E-state index in [1.807, 2.05) is 18.2 Å². The lowest BCUT2D eigenvalue weighted by atomic mass is 10.0. The summed E-state index contributed by atoms with van der Waals surface area (Å²) in [7, 11) is 0. The second-order valence-corrected chi connectivity index (χ2v) is 8.83. The molecular formula is C25H29N3O2. The smallest absolute Gasteiger partial charge is 0.251 e. The number of nitrogens with zero attached hydrogens (tertiary/aromatic N) is 2. The lowest BCUT2D eigenvalue weighted by molar-refractivity contribution is -0.121. The molecule has 0 saturated carbocycles. The zero-order chi connectivity index (χ0) is 20.5. The Bertz CT molecular complexity index is 935. The highest BCUT2D eigenvalue weighted by Gasteiger charge is 2.40. The number of imide groups is 1. The van der Waals surface area contributed by atoms with Gasteiger partial charge in [-0.25, -0.2) is 4.90 Å². The summed E-state index contributed by atoms with van der Waals surface area (Å²) in [6.07, 6.45) is 5.58. The Hall–Kier alpha value is -2.50. The number of benzene rings is 2. The third kappa shape index (κ3) is 3.92. The Balaban J connectivity index is 1.18. The van der Waals surface area contributed by atoms with E-state index in [1.165, 1.54) is 21.6 Å². The van der Waals surface area contributed by atoms with E-state index in [1.54, 1.807) is 0 Å². The number of hydrogen-bond donors (Lipinski definition) is 1. The first-order valence-corrected chi connectivity index (χ1v) is 11.2. The van der Waals surface area contributed by atoms with Crippen molar-refractivity contribution in [3.05, 3.63) is 65.2 Å². The van der Waals surface area contributed by atoms with Crippen molar-refractivity contribution in [1.29, 1.82) is 0 Å². The first-order chi connectivity index (χ1) is 14.7. The van der Waals surface area contributed by atoms with Gasteiger partial charge in [-0.1, -0.05) is 36.4 Å². The second-order valence-electron chi connectivity index (χ2n) is 8.83. The van der Waals surface area contributed by atoms with Gasteiger partial charge in [-0.3, -0.25) is 14.5 Å². The van der Waals surface area contributed by atoms with Crippen LogP contribution < -0.4 is 10.2 Å². The fraction of sp³-hybridized carbons (Fsp3) is 0.440. The number of piperidine rings is 1. The fourth-order valence-corrected chi connectivity index (χ4v) is 5.11. The number of nitrogens with one attached hydrogen (secondary N) is 1. The third-order valence-electron chi connectivity index (χ3n) is 6.76. The highest BCUT2D eigenvalue weighted by molar-refractivity contribution is 6.22. The van der Waals surface area contributed by atoms with Gasteiger partial charge < -0.3 is 5.32 Å². The average molecular weight is 404 g/mol. The highest BCUT2D eigenvalue weighted by Crippen LogP contribution is 2.30. The molecule has 0 aromatic heterocycles. The molecule has 1 atom stereocenters. The molecule has 2 aromatic rings. The van der Waals surface area contributed by atoms with Gasteiger partial charge in [0.1, 0.15) is 0 Å². The Kier molecular flexibility index (Phi) is 5.40. The summed E-state index contributed by atoms with van der Waals surface area (Å²) in [5, 5.41) is 3.50. The van der Waals surface area contributed by atoms with E-state index in [9.17, 15) is 9.59 Å². The van der Waals surface area contributed by atoms with Crippen LogP contribution in [0.25, 0.3) is 0 Å². The molecular weight excluding hydrogens is 374 g/mol. The number of carbonyl (C=O) groups is 2. The van der Waals surface area contributed by atoms with E-state index in [-0.39, 0.29) is 18.2 Å².